The number of benzene rings is 2. The van der Waals surface area contributed by atoms with Crippen molar-refractivity contribution in [2.75, 3.05) is 13.1 Å². The Kier molecular flexibility index (Phi) is 5.53. The van der Waals surface area contributed by atoms with Crippen molar-refractivity contribution in [1.29, 1.82) is 0 Å². The van der Waals surface area contributed by atoms with Crippen molar-refractivity contribution in [3.63, 3.8) is 0 Å². The van der Waals surface area contributed by atoms with Crippen LogP contribution in [-0.2, 0) is 14.3 Å². The highest BCUT2D eigenvalue weighted by atomic mass is 16.5. The maximum atomic E-state index is 13.2. The zero-order chi connectivity index (χ0) is 18.5. The zero-order valence-electron chi connectivity index (χ0n) is 14.4. The van der Waals surface area contributed by atoms with Crippen LogP contribution in [0.2, 0.25) is 0 Å². The molecule has 1 aliphatic heterocycles. The molecule has 1 fully saturated rings. The molecule has 1 saturated heterocycles. The topological polar surface area (TPSA) is 76.1 Å². The lowest BCUT2D eigenvalue weighted by molar-refractivity contribution is -0.169. The Balaban J connectivity index is 1.86. The van der Waals surface area contributed by atoms with Crippen LogP contribution in [0.3, 0.4) is 0 Å². The Morgan fingerprint density at radius 2 is 1.69 bits per heavy atom. The maximum absolute atomic E-state index is 13.2. The van der Waals surface area contributed by atoms with E-state index in [9.17, 15) is 14.7 Å². The quantitative estimate of drug-likeness (QED) is 0.892. The molecule has 6 nitrogen and oxygen atoms in total. The van der Waals surface area contributed by atoms with Gasteiger partial charge in [-0.1, -0.05) is 48.5 Å². The summed E-state index contributed by atoms with van der Waals surface area (Å²) in [5, 5.41) is 9.25. The van der Waals surface area contributed by atoms with Crippen LogP contribution in [0.15, 0.2) is 60.7 Å². The van der Waals surface area contributed by atoms with Crippen molar-refractivity contribution in [3.8, 4) is 5.75 Å². The summed E-state index contributed by atoms with van der Waals surface area (Å²) in [5.41, 5.74) is 0.715. The first-order chi connectivity index (χ1) is 12.5. The monoisotopic (exact) mass is 355 g/mol. The van der Waals surface area contributed by atoms with Crippen LogP contribution < -0.4 is 4.74 Å². The summed E-state index contributed by atoms with van der Waals surface area (Å²) in [7, 11) is 0. The fourth-order valence-electron chi connectivity index (χ4n) is 2.96. The van der Waals surface area contributed by atoms with Crippen LogP contribution in [0.5, 0.6) is 5.75 Å². The number of hydrogen-bond acceptors (Lipinski definition) is 4. The molecule has 0 aromatic heterocycles. The molecule has 0 saturated carbocycles. The van der Waals surface area contributed by atoms with E-state index in [-0.39, 0.29) is 18.6 Å². The van der Waals surface area contributed by atoms with Gasteiger partial charge in [-0.05, 0) is 19.1 Å². The normalized spacial score (nSPS) is 21.0. The lowest BCUT2D eigenvalue weighted by Crippen LogP contribution is -2.53. The van der Waals surface area contributed by atoms with Gasteiger partial charge in [0.15, 0.2) is 6.10 Å². The van der Waals surface area contributed by atoms with E-state index in [2.05, 4.69) is 0 Å². The number of ether oxygens (including phenoxy) is 2. The molecule has 1 aliphatic rings. The van der Waals surface area contributed by atoms with Crippen LogP contribution in [0, 0.1) is 0 Å². The molecule has 6 heteroatoms. The third-order valence-electron chi connectivity index (χ3n) is 4.17. The van der Waals surface area contributed by atoms with Gasteiger partial charge < -0.3 is 19.5 Å². The fourth-order valence-corrected chi connectivity index (χ4v) is 2.96. The Bertz CT molecular complexity index is 749. The number of rotatable bonds is 5. The molecule has 1 heterocycles. The predicted octanol–water partition coefficient (Wildman–Crippen LogP) is 2.51. The lowest BCUT2D eigenvalue weighted by atomic mass is 10.1. The number of amides is 1. The number of nitrogens with zero attached hydrogens (tertiary/aromatic N) is 1. The minimum absolute atomic E-state index is 0.00001000. The first kappa shape index (κ1) is 17.9. The average molecular weight is 355 g/mol. The van der Waals surface area contributed by atoms with Gasteiger partial charge in [0, 0.05) is 12.1 Å². The number of carbonyl (C=O) groups is 2. The molecule has 26 heavy (non-hydrogen) atoms. The second-order valence-electron chi connectivity index (χ2n) is 6.24. The number of carboxylic acids is 1. The third kappa shape index (κ3) is 4.21. The average Bonchev–Trinajstić information content (AvgIpc) is 2.66. The fraction of sp³-hybridized carbons (Fsp3) is 0.300. The standard InChI is InChI=1S/C20H21NO5/c1-14-12-21(13-17(25-14)20(23)24)19(22)18(15-8-4-2-5-9-15)26-16-10-6-3-7-11-16/h2-11,14,17-18H,12-13H2,1H3,(H,23,24)/t14-,17?,18?/m1/s1. The minimum atomic E-state index is -1.07. The second-order valence-corrected chi connectivity index (χ2v) is 6.24. The highest BCUT2D eigenvalue weighted by Crippen LogP contribution is 2.25. The second kappa shape index (κ2) is 8.01. The first-order valence-corrected chi connectivity index (χ1v) is 8.48. The van der Waals surface area contributed by atoms with E-state index in [1.54, 1.807) is 19.1 Å². The molecule has 2 unspecified atom stereocenters. The summed E-state index contributed by atoms with van der Waals surface area (Å²) in [6.07, 6.45) is -2.24. The van der Waals surface area contributed by atoms with Gasteiger partial charge in [0.2, 0.25) is 6.10 Å². The van der Waals surface area contributed by atoms with Gasteiger partial charge in [-0.2, -0.15) is 0 Å². The zero-order valence-corrected chi connectivity index (χ0v) is 14.4. The van der Waals surface area contributed by atoms with Crippen LogP contribution in [-0.4, -0.2) is 47.2 Å². The van der Waals surface area contributed by atoms with E-state index >= 15 is 0 Å². The molecule has 2 aromatic carbocycles. The lowest BCUT2D eigenvalue weighted by Gasteiger charge is -2.36. The predicted molar refractivity (Wildman–Crippen MR) is 94.8 cm³/mol. The molecule has 3 atom stereocenters. The van der Waals surface area contributed by atoms with E-state index < -0.39 is 18.2 Å². The van der Waals surface area contributed by atoms with Gasteiger partial charge in [-0.25, -0.2) is 4.79 Å². The molecule has 0 aliphatic carbocycles. The number of carboxylic acid groups (broad SMARTS) is 1. The Labute approximate surface area is 152 Å². The van der Waals surface area contributed by atoms with Gasteiger partial charge in [-0.3, -0.25) is 4.79 Å². The van der Waals surface area contributed by atoms with Crippen molar-refractivity contribution >= 4 is 11.9 Å². The summed E-state index contributed by atoms with van der Waals surface area (Å²) in [6, 6.07) is 18.3. The molecule has 1 amide bonds. The maximum Gasteiger partial charge on any atom is 0.334 e. The third-order valence-corrected chi connectivity index (χ3v) is 4.17. The molecule has 2 aromatic rings. The van der Waals surface area contributed by atoms with Crippen LogP contribution in [0.4, 0.5) is 0 Å². The van der Waals surface area contributed by atoms with Gasteiger partial charge in [0.05, 0.1) is 12.6 Å². The van der Waals surface area contributed by atoms with Gasteiger partial charge in [-0.15, -0.1) is 0 Å². The Morgan fingerprint density at radius 3 is 2.31 bits per heavy atom. The summed E-state index contributed by atoms with van der Waals surface area (Å²) in [5.74, 6) is -0.776. The molecular formula is C20H21NO5. The summed E-state index contributed by atoms with van der Waals surface area (Å²) in [4.78, 5) is 26.0. The SMILES string of the molecule is C[C@@H]1CN(C(=O)C(Oc2ccccc2)c2ccccc2)CC(C(=O)O)O1. The largest absolute Gasteiger partial charge is 0.479 e. The van der Waals surface area contributed by atoms with Gasteiger partial charge in [0.1, 0.15) is 5.75 Å². The smallest absolute Gasteiger partial charge is 0.334 e. The van der Waals surface area contributed by atoms with Gasteiger partial charge in [0.25, 0.3) is 5.91 Å². The van der Waals surface area contributed by atoms with Crippen molar-refractivity contribution in [1.82, 2.24) is 4.90 Å². The number of carbonyl (C=O) groups excluding carboxylic acids is 1. The van der Waals surface area contributed by atoms with Crippen molar-refractivity contribution < 1.29 is 24.2 Å². The van der Waals surface area contributed by atoms with Gasteiger partial charge >= 0.3 is 5.97 Å². The minimum Gasteiger partial charge on any atom is -0.479 e. The van der Waals surface area contributed by atoms with Crippen molar-refractivity contribution in [2.24, 2.45) is 0 Å². The highest BCUT2D eigenvalue weighted by Gasteiger charge is 2.36. The van der Waals surface area contributed by atoms with E-state index in [0.29, 0.717) is 17.9 Å². The highest BCUT2D eigenvalue weighted by molar-refractivity contribution is 5.84. The summed E-state index contributed by atoms with van der Waals surface area (Å²) < 4.78 is 11.4. The number of para-hydroxylation sites is 1. The molecule has 136 valence electrons. The van der Waals surface area contributed by atoms with Crippen LogP contribution in [0.25, 0.3) is 0 Å². The van der Waals surface area contributed by atoms with E-state index in [4.69, 9.17) is 9.47 Å². The number of aliphatic carboxylic acids is 1. The Morgan fingerprint density at radius 1 is 1.08 bits per heavy atom. The van der Waals surface area contributed by atoms with E-state index in [1.165, 1.54) is 4.90 Å². The van der Waals surface area contributed by atoms with Crippen molar-refractivity contribution in [3.05, 3.63) is 66.2 Å². The van der Waals surface area contributed by atoms with E-state index in [0.717, 1.165) is 0 Å². The molecule has 1 N–H and O–H groups in total. The number of hydrogen-bond donors (Lipinski definition) is 1. The first-order valence-electron chi connectivity index (χ1n) is 8.48. The summed E-state index contributed by atoms with van der Waals surface area (Å²) >= 11 is 0. The van der Waals surface area contributed by atoms with Crippen LogP contribution >= 0.6 is 0 Å². The van der Waals surface area contributed by atoms with E-state index in [1.807, 2.05) is 48.5 Å². The number of morpholine rings is 1. The molecule has 0 spiro atoms. The van der Waals surface area contributed by atoms with Crippen LogP contribution in [0.1, 0.15) is 18.6 Å². The van der Waals surface area contributed by atoms with Crippen molar-refractivity contribution in [2.45, 2.75) is 25.2 Å². The molecule has 3 rings (SSSR count). The molecule has 0 radical (unpaired) electrons. The molecular weight excluding hydrogens is 334 g/mol. The summed E-state index contributed by atoms with van der Waals surface area (Å²) in [6.45, 7) is 2.08. The Hall–Kier alpha value is -2.86. The molecule has 0 bridgehead atoms.